The Labute approximate surface area is 112 Å². The Morgan fingerprint density at radius 1 is 1.16 bits per heavy atom. The Morgan fingerprint density at radius 2 is 2.05 bits per heavy atom. The van der Waals surface area contributed by atoms with Crippen LogP contribution in [0.3, 0.4) is 0 Å². The number of aromatic nitrogens is 1. The minimum atomic E-state index is -0.570. The summed E-state index contributed by atoms with van der Waals surface area (Å²) < 4.78 is 27.4. The van der Waals surface area contributed by atoms with E-state index in [1.807, 2.05) is 17.5 Å². The third-order valence-electron chi connectivity index (χ3n) is 2.84. The fraction of sp³-hybridized carbons (Fsp3) is 0.0714. The van der Waals surface area contributed by atoms with Crippen molar-refractivity contribution in [3.05, 3.63) is 59.1 Å². The molecule has 2 aromatic heterocycles. The number of benzene rings is 1. The molecule has 0 fully saturated rings. The topological polar surface area (TPSA) is 24.9 Å². The number of nitrogens with zero attached hydrogens (tertiary/aromatic N) is 1. The Bertz CT molecular complexity index is 724. The van der Waals surface area contributed by atoms with Crippen molar-refractivity contribution >= 4 is 27.2 Å². The van der Waals surface area contributed by atoms with Crippen molar-refractivity contribution in [2.45, 2.75) is 6.54 Å². The molecular weight excluding hydrogens is 266 g/mol. The molecule has 0 saturated heterocycles. The van der Waals surface area contributed by atoms with Gasteiger partial charge < -0.3 is 5.32 Å². The van der Waals surface area contributed by atoms with Crippen molar-refractivity contribution < 1.29 is 8.78 Å². The van der Waals surface area contributed by atoms with Crippen LogP contribution in [0.4, 0.5) is 14.6 Å². The summed E-state index contributed by atoms with van der Waals surface area (Å²) in [5.41, 5.74) is 0.412. The fourth-order valence-electron chi connectivity index (χ4n) is 1.88. The van der Waals surface area contributed by atoms with Crippen molar-refractivity contribution in [2.75, 3.05) is 5.32 Å². The first kappa shape index (κ1) is 12.0. The molecule has 3 rings (SSSR count). The van der Waals surface area contributed by atoms with Crippen LogP contribution in [0.15, 0.2) is 41.9 Å². The second kappa shape index (κ2) is 4.93. The maximum Gasteiger partial charge on any atom is 0.134 e. The second-order valence-electron chi connectivity index (χ2n) is 4.08. The van der Waals surface area contributed by atoms with Crippen LogP contribution in [0, 0.1) is 11.6 Å². The Kier molecular flexibility index (Phi) is 3.13. The van der Waals surface area contributed by atoms with Crippen LogP contribution in [0.5, 0.6) is 0 Å². The first-order valence-electron chi connectivity index (χ1n) is 5.74. The van der Waals surface area contributed by atoms with E-state index in [1.54, 1.807) is 17.5 Å². The Balaban J connectivity index is 1.84. The average Bonchev–Trinajstić information content (AvgIpc) is 2.86. The number of hydrogen-bond donors (Lipinski definition) is 1. The van der Waals surface area contributed by atoms with Gasteiger partial charge in [0.15, 0.2) is 0 Å². The monoisotopic (exact) mass is 276 g/mol. The zero-order valence-electron chi connectivity index (χ0n) is 9.86. The van der Waals surface area contributed by atoms with Crippen molar-refractivity contribution in [3.63, 3.8) is 0 Å². The standard InChI is InChI=1S/C14H10F2N2S/c15-10-2-1-9(12(16)7-10)8-18-14-11-4-6-19-13(11)3-5-17-14/h1-7H,8H2,(H,17,18). The highest BCUT2D eigenvalue weighted by Gasteiger charge is 2.06. The number of rotatable bonds is 3. The first-order valence-corrected chi connectivity index (χ1v) is 6.62. The maximum absolute atomic E-state index is 13.5. The molecule has 0 unspecified atom stereocenters. The average molecular weight is 276 g/mol. The largest absolute Gasteiger partial charge is 0.365 e. The van der Waals surface area contributed by atoms with Crippen LogP contribution in [0.25, 0.3) is 10.1 Å². The molecule has 0 atom stereocenters. The number of nitrogens with one attached hydrogen (secondary N) is 1. The van der Waals surface area contributed by atoms with Gasteiger partial charge in [0.05, 0.1) is 0 Å². The first-order chi connectivity index (χ1) is 9.24. The van der Waals surface area contributed by atoms with Crippen LogP contribution in [0.2, 0.25) is 0 Å². The van der Waals surface area contributed by atoms with Gasteiger partial charge in [0.25, 0.3) is 0 Å². The summed E-state index contributed by atoms with van der Waals surface area (Å²) in [7, 11) is 0. The van der Waals surface area contributed by atoms with Crippen LogP contribution in [0.1, 0.15) is 5.56 Å². The van der Waals surface area contributed by atoms with Gasteiger partial charge in [-0.3, -0.25) is 0 Å². The number of hydrogen-bond acceptors (Lipinski definition) is 3. The van der Waals surface area contributed by atoms with Crippen LogP contribution in [-0.2, 0) is 6.54 Å². The van der Waals surface area contributed by atoms with E-state index in [4.69, 9.17) is 0 Å². The molecule has 0 aliphatic carbocycles. The highest BCUT2D eigenvalue weighted by Crippen LogP contribution is 2.26. The van der Waals surface area contributed by atoms with Gasteiger partial charge in [-0.05, 0) is 23.6 Å². The van der Waals surface area contributed by atoms with E-state index in [2.05, 4.69) is 10.3 Å². The van der Waals surface area contributed by atoms with E-state index in [0.717, 1.165) is 16.2 Å². The molecule has 0 aliphatic heterocycles. The minimum absolute atomic E-state index is 0.272. The molecule has 5 heteroatoms. The molecule has 0 amide bonds. The van der Waals surface area contributed by atoms with E-state index in [9.17, 15) is 8.78 Å². The van der Waals surface area contributed by atoms with Crippen molar-refractivity contribution in [1.29, 1.82) is 0 Å². The minimum Gasteiger partial charge on any atom is -0.365 e. The highest BCUT2D eigenvalue weighted by molar-refractivity contribution is 7.17. The molecule has 0 saturated carbocycles. The lowest BCUT2D eigenvalue weighted by Gasteiger charge is -2.07. The van der Waals surface area contributed by atoms with E-state index in [0.29, 0.717) is 11.4 Å². The predicted molar refractivity (Wildman–Crippen MR) is 73.3 cm³/mol. The summed E-state index contributed by atoms with van der Waals surface area (Å²) in [6, 6.07) is 7.47. The van der Waals surface area contributed by atoms with Gasteiger partial charge in [-0.1, -0.05) is 6.07 Å². The SMILES string of the molecule is Fc1ccc(CNc2nccc3sccc23)c(F)c1. The number of halogens is 2. The lowest BCUT2D eigenvalue weighted by molar-refractivity contribution is 0.574. The summed E-state index contributed by atoms with van der Waals surface area (Å²) >= 11 is 1.62. The van der Waals surface area contributed by atoms with Gasteiger partial charge in [-0.15, -0.1) is 11.3 Å². The molecule has 2 heterocycles. The van der Waals surface area contributed by atoms with E-state index >= 15 is 0 Å². The van der Waals surface area contributed by atoms with Gasteiger partial charge in [0.2, 0.25) is 0 Å². The summed E-state index contributed by atoms with van der Waals surface area (Å²) in [4.78, 5) is 4.24. The van der Waals surface area contributed by atoms with Gasteiger partial charge in [0.1, 0.15) is 17.5 Å². The third kappa shape index (κ3) is 2.42. The third-order valence-corrected chi connectivity index (χ3v) is 3.72. The molecule has 0 bridgehead atoms. The number of thiophene rings is 1. The number of anilines is 1. The van der Waals surface area contributed by atoms with Gasteiger partial charge >= 0.3 is 0 Å². The maximum atomic E-state index is 13.5. The smallest absolute Gasteiger partial charge is 0.134 e. The summed E-state index contributed by atoms with van der Waals surface area (Å²) in [5, 5.41) is 6.07. The van der Waals surface area contributed by atoms with Gasteiger partial charge in [-0.25, -0.2) is 13.8 Å². The summed E-state index contributed by atoms with van der Waals surface area (Å²) in [6.45, 7) is 0.272. The molecule has 3 aromatic rings. The van der Waals surface area contributed by atoms with E-state index < -0.39 is 11.6 Å². The zero-order valence-corrected chi connectivity index (χ0v) is 10.7. The van der Waals surface area contributed by atoms with Crippen molar-refractivity contribution in [1.82, 2.24) is 4.98 Å². The predicted octanol–water partition coefficient (Wildman–Crippen LogP) is 4.19. The van der Waals surface area contributed by atoms with Crippen LogP contribution >= 0.6 is 11.3 Å². The molecule has 0 spiro atoms. The Hall–Kier alpha value is -2.01. The molecule has 19 heavy (non-hydrogen) atoms. The van der Waals surface area contributed by atoms with E-state index in [1.165, 1.54) is 12.1 Å². The second-order valence-corrected chi connectivity index (χ2v) is 5.03. The molecule has 96 valence electrons. The molecular formula is C14H10F2N2S. The highest BCUT2D eigenvalue weighted by atomic mass is 32.1. The number of pyridine rings is 1. The van der Waals surface area contributed by atoms with Crippen molar-refractivity contribution in [3.8, 4) is 0 Å². The summed E-state index contributed by atoms with van der Waals surface area (Å²) in [6.07, 6.45) is 1.71. The molecule has 0 radical (unpaired) electrons. The van der Waals surface area contributed by atoms with Crippen LogP contribution < -0.4 is 5.32 Å². The Morgan fingerprint density at radius 3 is 2.89 bits per heavy atom. The zero-order chi connectivity index (χ0) is 13.2. The number of fused-ring (bicyclic) bond motifs is 1. The van der Waals surface area contributed by atoms with Gasteiger partial charge in [-0.2, -0.15) is 0 Å². The molecule has 0 aliphatic rings. The summed E-state index contributed by atoms with van der Waals surface area (Å²) in [5.74, 6) is -0.410. The molecule has 1 aromatic carbocycles. The van der Waals surface area contributed by atoms with Crippen LogP contribution in [-0.4, -0.2) is 4.98 Å². The molecule has 1 N–H and O–H groups in total. The van der Waals surface area contributed by atoms with Gasteiger partial charge in [0, 0.05) is 34.5 Å². The lowest BCUT2D eigenvalue weighted by atomic mass is 10.2. The quantitative estimate of drug-likeness (QED) is 0.776. The molecule has 2 nitrogen and oxygen atoms in total. The van der Waals surface area contributed by atoms with Crippen molar-refractivity contribution in [2.24, 2.45) is 0 Å². The normalized spacial score (nSPS) is 10.8. The lowest BCUT2D eigenvalue weighted by Crippen LogP contribution is -2.03. The fourth-order valence-corrected chi connectivity index (χ4v) is 2.66. The van der Waals surface area contributed by atoms with E-state index in [-0.39, 0.29) is 6.54 Å².